The predicted octanol–water partition coefficient (Wildman–Crippen LogP) is 1.81. The number of hydrogen-bond donors (Lipinski definition) is 1. The molecule has 0 aliphatic carbocycles. The van der Waals surface area contributed by atoms with Crippen molar-refractivity contribution in [3.05, 3.63) is 18.0 Å². The first kappa shape index (κ1) is 17.4. The first-order valence-electron chi connectivity index (χ1n) is 8.95. The largest absolute Gasteiger partial charge is 0.382 e. The lowest BCUT2D eigenvalue weighted by molar-refractivity contribution is 0.229. The van der Waals surface area contributed by atoms with Gasteiger partial charge in [0.1, 0.15) is 22.8 Å². The quantitative estimate of drug-likeness (QED) is 0.750. The van der Waals surface area contributed by atoms with E-state index in [4.69, 9.17) is 10.7 Å². The zero-order valence-electron chi connectivity index (χ0n) is 15.6. The van der Waals surface area contributed by atoms with Crippen LogP contribution in [0.2, 0.25) is 0 Å². The molecule has 1 fully saturated rings. The Hall–Kier alpha value is -2.03. The van der Waals surface area contributed by atoms with Gasteiger partial charge in [-0.3, -0.25) is 4.90 Å². The molecule has 8 heteroatoms. The summed E-state index contributed by atoms with van der Waals surface area (Å²) < 4.78 is 0.934. The molecule has 138 valence electrons. The van der Waals surface area contributed by atoms with Crippen molar-refractivity contribution in [3.63, 3.8) is 0 Å². The van der Waals surface area contributed by atoms with Crippen LogP contribution in [0.5, 0.6) is 0 Å². The maximum Gasteiger partial charge on any atom is 0.144 e. The molecule has 3 aromatic heterocycles. The van der Waals surface area contributed by atoms with E-state index in [1.54, 1.807) is 11.3 Å². The zero-order valence-corrected chi connectivity index (χ0v) is 16.4. The molecule has 0 atom stereocenters. The van der Waals surface area contributed by atoms with Crippen LogP contribution in [0.25, 0.3) is 20.4 Å². The van der Waals surface area contributed by atoms with Gasteiger partial charge in [0.2, 0.25) is 0 Å². The molecule has 3 aromatic rings. The second-order valence-electron chi connectivity index (χ2n) is 7.15. The number of piperazine rings is 1. The van der Waals surface area contributed by atoms with E-state index in [0.29, 0.717) is 5.82 Å². The highest BCUT2D eigenvalue weighted by atomic mass is 32.1. The van der Waals surface area contributed by atoms with Crippen molar-refractivity contribution in [3.8, 4) is 0 Å². The number of nitrogens with two attached hydrogens (primary N) is 1. The Labute approximate surface area is 157 Å². The number of aromatic nitrogens is 3. The van der Waals surface area contributed by atoms with E-state index in [-0.39, 0.29) is 0 Å². The molecule has 1 aliphatic heterocycles. The topological polar surface area (TPSA) is 74.4 Å². The van der Waals surface area contributed by atoms with Crippen LogP contribution in [-0.2, 0) is 0 Å². The van der Waals surface area contributed by atoms with E-state index in [1.165, 1.54) is 11.9 Å². The molecule has 0 spiro atoms. The van der Waals surface area contributed by atoms with E-state index >= 15 is 0 Å². The lowest BCUT2D eigenvalue weighted by atomic mass is 10.1. The standard InChI is InChI=1S/C18H25N7S/c1-12-10-13(25-8-6-24(7-9-25)5-4-23(2)3)22-18-14(12)15-16(26-18)17(19)21-11-20-15/h10-11H,4-9H2,1-3H3,(H2,19,20,21). The van der Waals surface area contributed by atoms with Crippen molar-refractivity contribution in [2.24, 2.45) is 0 Å². The van der Waals surface area contributed by atoms with E-state index in [9.17, 15) is 0 Å². The average Bonchev–Trinajstić information content (AvgIpc) is 3.01. The van der Waals surface area contributed by atoms with Gasteiger partial charge in [0, 0.05) is 44.7 Å². The monoisotopic (exact) mass is 371 g/mol. The summed E-state index contributed by atoms with van der Waals surface area (Å²) in [5.74, 6) is 1.59. The number of likely N-dealkylation sites (N-methyl/N-ethyl adjacent to an activating group) is 1. The normalized spacial score (nSPS) is 16.2. The van der Waals surface area contributed by atoms with Gasteiger partial charge >= 0.3 is 0 Å². The van der Waals surface area contributed by atoms with E-state index in [1.807, 2.05) is 0 Å². The van der Waals surface area contributed by atoms with Crippen LogP contribution >= 0.6 is 11.3 Å². The van der Waals surface area contributed by atoms with Gasteiger partial charge in [0.15, 0.2) is 0 Å². The summed E-state index contributed by atoms with van der Waals surface area (Å²) in [6, 6.07) is 2.18. The smallest absolute Gasteiger partial charge is 0.144 e. The molecule has 1 saturated heterocycles. The lowest BCUT2D eigenvalue weighted by Crippen LogP contribution is -2.48. The van der Waals surface area contributed by atoms with Gasteiger partial charge in [0.05, 0.1) is 10.2 Å². The fourth-order valence-corrected chi connectivity index (χ4v) is 4.56. The van der Waals surface area contributed by atoms with Gasteiger partial charge in [-0.05, 0) is 32.6 Å². The fraction of sp³-hybridized carbons (Fsp3) is 0.500. The van der Waals surface area contributed by atoms with Crippen molar-refractivity contribution in [2.75, 3.05) is 64.0 Å². The number of anilines is 2. The Morgan fingerprint density at radius 2 is 1.96 bits per heavy atom. The third-order valence-corrected chi connectivity index (χ3v) is 6.09. The predicted molar refractivity (Wildman–Crippen MR) is 109 cm³/mol. The Bertz CT molecular complexity index is 928. The van der Waals surface area contributed by atoms with Gasteiger partial charge in [-0.1, -0.05) is 0 Å². The maximum atomic E-state index is 6.03. The fourth-order valence-electron chi connectivity index (χ4n) is 3.46. The van der Waals surface area contributed by atoms with Crippen LogP contribution in [0, 0.1) is 6.92 Å². The average molecular weight is 372 g/mol. The maximum absolute atomic E-state index is 6.03. The Balaban J connectivity index is 1.58. The summed E-state index contributed by atoms with van der Waals surface area (Å²) in [5.41, 5.74) is 8.15. The molecule has 0 unspecified atom stereocenters. The molecule has 4 rings (SSSR count). The van der Waals surface area contributed by atoms with Crippen LogP contribution in [0.4, 0.5) is 11.6 Å². The van der Waals surface area contributed by atoms with Gasteiger partial charge in [-0.25, -0.2) is 15.0 Å². The van der Waals surface area contributed by atoms with Crippen molar-refractivity contribution in [1.82, 2.24) is 24.8 Å². The van der Waals surface area contributed by atoms with Gasteiger partial charge in [-0.15, -0.1) is 11.3 Å². The molecular formula is C18H25N7S. The number of nitrogen functional groups attached to an aromatic ring is 1. The number of fused-ring (bicyclic) bond motifs is 3. The molecule has 2 N–H and O–H groups in total. The number of pyridine rings is 1. The molecule has 0 aromatic carbocycles. The van der Waals surface area contributed by atoms with Crippen LogP contribution in [-0.4, -0.2) is 78.1 Å². The van der Waals surface area contributed by atoms with E-state index < -0.39 is 0 Å². The SMILES string of the molecule is Cc1cc(N2CCN(CCN(C)C)CC2)nc2sc3c(N)ncnc3c12. The Morgan fingerprint density at radius 3 is 2.69 bits per heavy atom. The van der Waals surface area contributed by atoms with Gasteiger partial charge in [-0.2, -0.15) is 0 Å². The molecule has 0 saturated carbocycles. The molecule has 4 heterocycles. The minimum Gasteiger partial charge on any atom is -0.382 e. The number of rotatable bonds is 4. The third-order valence-electron chi connectivity index (χ3n) is 5.00. The number of hydrogen-bond acceptors (Lipinski definition) is 8. The summed E-state index contributed by atoms with van der Waals surface area (Å²) in [6.07, 6.45) is 1.53. The number of aryl methyl sites for hydroxylation is 1. The zero-order chi connectivity index (χ0) is 18.3. The molecule has 0 radical (unpaired) electrons. The molecule has 1 aliphatic rings. The lowest BCUT2D eigenvalue weighted by Gasteiger charge is -2.36. The highest BCUT2D eigenvalue weighted by Gasteiger charge is 2.20. The summed E-state index contributed by atoms with van der Waals surface area (Å²) >= 11 is 1.59. The highest BCUT2D eigenvalue weighted by molar-refractivity contribution is 7.26. The summed E-state index contributed by atoms with van der Waals surface area (Å²) in [4.78, 5) is 21.6. The Morgan fingerprint density at radius 1 is 1.19 bits per heavy atom. The molecule has 7 nitrogen and oxygen atoms in total. The summed E-state index contributed by atoms with van der Waals surface area (Å²) in [6.45, 7) is 8.55. The van der Waals surface area contributed by atoms with Crippen LogP contribution in [0.15, 0.2) is 12.4 Å². The highest BCUT2D eigenvalue weighted by Crippen LogP contribution is 2.37. The van der Waals surface area contributed by atoms with Crippen molar-refractivity contribution in [1.29, 1.82) is 0 Å². The number of nitrogens with zero attached hydrogens (tertiary/aromatic N) is 6. The second kappa shape index (κ2) is 6.94. The molecule has 0 amide bonds. The van der Waals surface area contributed by atoms with Crippen LogP contribution < -0.4 is 10.6 Å². The summed E-state index contributed by atoms with van der Waals surface area (Å²) in [5, 5.41) is 1.10. The van der Waals surface area contributed by atoms with E-state index in [0.717, 1.165) is 65.5 Å². The minimum atomic E-state index is 0.536. The third kappa shape index (κ3) is 3.20. The van der Waals surface area contributed by atoms with Crippen LogP contribution in [0.3, 0.4) is 0 Å². The van der Waals surface area contributed by atoms with Crippen molar-refractivity contribution >= 4 is 43.4 Å². The van der Waals surface area contributed by atoms with Crippen molar-refractivity contribution < 1.29 is 0 Å². The van der Waals surface area contributed by atoms with E-state index in [2.05, 4.69) is 51.8 Å². The second-order valence-corrected chi connectivity index (χ2v) is 8.15. The van der Waals surface area contributed by atoms with Crippen LogP contribution in [0.1, 0.15) is 5.56 Å². The molecular weight excluding hydrogens is 346 g/mol. The Kier molecular flexibility index (Phi) is 4.64. The minimum absolute atomic E-state index is 0.536. The van der Waals surface area contributed by atoms with Gasteiger partial charge in [0.25, 0.3) is 0 Å². The number of thiophene rings is 1. The first-order valence-corrected chi connectivity index (χ1v) is 9.77. The molecule has 26 heavy (non-hydrogen) atoms. The first-order chi connectivity index (χ1) is 12.5. The summed E-state index contributed by atoms with van der Waals surface area (Å²) in [7, 11) is 4.25. The van der Waals surface area contributed by atoms with Gasteiger partial charge < -0.3 is 15.5 Å². The molecule has 0 bridgehead atoms. The van der Waals surface area contributed by atoms with Crippen molar-refractivity contribution in [2.45, 2.75) is 6.92 Å².